The summed E-state index contributed by atoms with van der Waals surface area (Å²) in [5.74, 6) is 0.607. The van der Waals surface area contributed by atoms with Gasteiger partial charge in [0.05, 0.1) is 11.4 Å². The largest absolute Gasteiger partial charge is 0.384 e. The zero-order chi connectivity index (χ0) is 12.3. The Morgan fingerprint density at radius 1 is 1.24 bits per heavy atom. The summed E-state index contributed by atoms with van der Waals surface area (Å²) in [4.78, 5) is 9.26. The Bertz CT molecular complexity index is 370. The molecule has 17 heavy (non-hydrogen) atoms. The van der Waals surface area contributed by atoms with Crippen molar-refractivity contribution in [3.8, 4) is 0 Å². The second-order valence-electron chi connectivity index (χ2n) is 4.67. The van der Waals surface area contributed by atoms with Crippen molar-refractivity contribution < 1.29 is 0 Å². The van der Waals surface area contributed by atoms with Crippen molar-refractivity contribution >= 4 is 11.5 Å². The molecule has 0 aromatic carbocycles. The van der Waals surface area contributed by atoms with Gasteiger partial charge in [-0.3, -0.25) is 4.90 Å². The standard InChI is InChI=1S/C13H22N4/c1-3-6-16-7-9-17(10-8-16)12-4-5-13(14)15-11(12)2/h4-5H,3,6-10H2,1-2H3,(H2,14,15). The lowest BCUT2D eigenvalue weighted by Gasteiger charge is -2.36. The van der Waals surface area contributed by atoms with Gasteiger partial charge in [-0.05, 0) is 32.0 Å². The van der Waals surface area contributed by atoms with E-state index in [0.29, 0.717) is 5.82 Å². The molecule has 1 fully saturated rings. The molecule has 1 aromatic heterocycles. The first-order valence-electron chi connectivity index (χ1n) is 6.41. The highest BCUT2D eigenvalue weighted by Crippen LogP contribution is 2.20. The highest BCUT2D eigenvalue weighted by molar-refractivity contribution is 5.53. The summed E-state index contributed by atoms with van der Waals surface area (Å²) in [6.45, 7) is 9.96. The van der Waals surface area contributed by atoms with E-state index < -0.39 is 0 Å². The van der Waals surface area contributed by atoms with Crippen molar-refractivity contribution in [2.24, 2.45) is 0 Å². The lowest BCUT2D eigenvalue weighted by atomic mass is 10.2. The van der Waals surface area contributed by atoms with Crippen molar-refractivity contribution in [2.75, 3.05) is 43.4 Å². The molecule has 0 radical (unpaired) electrons. The van der Waals surface area contributed by atoms with Crippen LogP contribution in [0, 0.1) is 6.92 Å². The van der Waals surface area contributed by atoms with Crippen LogP contribution in [0.2, 0.25) is 0 Å². The summed E-state index contributed by atoms with van der Waals surface area (Å²) in [6.07, 6.45) is 1.24. The van der Waals surface area contributed by atoms with Crippen LogP contribution < -0.4 is 10.6 Å². The number of aryl methyl sites for hydroxylation is 1. The maximum Gasteiger partial charge on any atom is 0.123 e. The van der Waals surface area contributed by atoms with Crippen LogP contribution in [0.15, 0.2) is 12.1 Å². The maximum atomic E-state index is 5.68. The van der Waals surface area contributed by atoms with E-state index in [9.17, 15) is 0 Å². The molecular weight excluding hydrogens is 212 g/mol. The van der Waals surface area contributed by atoms with Crippen LogP contribution in [0.25, 0.3) is 0 Å². The summed E-state index contributed by atoms with van der Waals surface area (Å²) < 4.78 is 0. The molecule has 4 nitrogen and oxygen atoms in total. The predicted molar refractivity (Wildman–Crippen MR) is 72.3 cm³/mol. The molecular formula is C13H22N4. The molecule has 2 rings (SSSR count). The number of anilines is 2. The topological polar surface area (TPSA) is 45.4 Å². The minimum absolute atomic E-state index is 0.607. The van der Waals surface area contributed by atoms with Crippen molar-refractivity contribution in [3.63, 3.8) is 0 Å². The second kappa shape index (κ2) is 5.36. The van der Waals surface area contributed by atoms with E-state index in [4.69, 9.17) is 5.73 Å². The SMILES string of the molecule is CCCN1CCN(c2ccc(N)nc2C)CC1. The summed E-state index contributed by atoms with van der Waals surface area (Å²) >= 11 is 0. The summed E-state index contributed by atoms with van der Waals surface area (Å²) in [5, 5.41) is 0. The lowest BCUT2D eigenvalue weighted by Crippen LogP contribution is -2.46. The molecule has 0 bridgehead atoms. The van der Waals surface area contributed by atoms with Gasteiger partial charge >= 0.3 is 0 Å². The highest BCUT2D eigenvalue weighted by Gasteiger charge is 2.17. The van der Waals surface area contributed by atoms with E-state index in [-0.39, 0.29) is 0 Å². The Labute approximate surface area is 103 Å². The van der Waals surface area contributed by atoms with Gasteiger partial charge in [0.15, 0.2) is 0 Å². The molecule has 0 saturated carbocycles. The van der Waals surface area contributed by atoms with E-state index >= 15 is 0 Å². The predicted octanol–water partition coefficient (Wildman–Crippen LogP) is 1.50. The Morgan fingerprint density at radius 3 is 2.53 bits per heavy atom. The van der Waals surface area contributed by atoms with Crippen molar-refractivity contribution in [3.05, 3.63) is 17.8 Å². The van der Waals surface area contributed by atoms with E-state index in [1.165, 1.54) is 18.7 Å². The number of piperazine rings is 1. The third-order valence-electron chi connectivity index (χ3n) is 3.33. The first-order chi connectivity index (χ1) is 8.20. The third-order valence-corrected chi connectivity index (χ3v) is 3.33. The number of aromatic nitrogens is 1. The molecule has 0 atom stereocenters. The minimum atomic E-state index is 0.607. The van der Waals surface area contributed by atoms with E-state index in [1.807, 2.05) is 13.0 Å². The monoisotopic (exact) mass is 234 g/mol. The molecule has 2 heterocycles. The molecule has 4 heteroatoms. The highest BCUT2D eigenvalue weighted by atomic mass is 15.3. The number of hydrogen-bond donors (Lipinski definition) is 1. The van der Waals surface area contributed by atoms with Gasteiger partial charge in [0, 0.05) is 26.2 Å². The number of nitrogens with zero attached hydrogens (tertiary/aromatic N) is 3. The molecule has 0 aliphatic carbocycles. The van der Waals surface area contributed by atoms with Gasteiger partial charge < -0.3 is 10.6 Å². The Balaban J connectivity index is 2.00. The Hall–Kier alpha value is -1.29. The lowest BCUT2D eigenvalue weighted by molar-refractivity contribution is 0.258. The fraction of sp³-hybridized carbons (Fsp3) is 0.615. The van der Waals surface area contributed by atoms with Gasteiger partial charge in [-0.15, -0.1) is 0 Å². The molecule has 0 unspecified atom stereocenters. The van der Waals surface area contributed by atoms with Crippen molar-refractivity contribution in [1.82, 2.24) is 9.88 Å². The Kier molecular flexibility index (Phi) is 3.84. The number of nitrogens with two attached hydrogens (primary N) is 1. The van der Waals surface area contributed by atoms with Crippen LogP contribution in [-0.4, -0.2) is 42.6 Å². The molecule has 0 spiro atoms. The average molecular weight is 234 g/mol. The molecule has 94 valence electrons. The van der Waals surface area contributed by atoms with E-state index in [0.717, 1.165) is 31.9 Å². The minimum Gasteiger partial charge on any atom is -0.384 e. The number of nitrogen functional groups attached to an aromatic ring is 1. The van der Waals surface area contributed by atoms with Crippen molar-refractivity contribution in [1.29, 1.82) is 0 Å². The quantitative estimate of drug-likeness (QED) is 0.861. The molecule has 0 amide bonds. The fourth-order valence-corrected chi connectivity index (χ4v) is 2.44. The summed E-state index contributed by atoms with van der Waals surface area (Å²) in [5.41, 5.74) is 7.95. The molecule has 1 aromatic rings. The fourth-order valence-electron chi connectivity index (χ4n) is 2.44. The van der Waals surface area contributed by atoms with Gasteiger partial charge in [-0.1, -0.05) is 6.92 Å². The van der Waals surface area contributed by atoms with Gasteiger partial charge in [0.1, 0.15) is 5.82 Å². The number of hydrogen-bond acceptors (Lipinski definition) is 4. The van der Waals surface area contributed by atoms with E-state index in [1.54, 1.807) is 0 Å². The van der Waals surface area contributed by atoms with E-state index in [2.05, 4.69) is 27.8 Å². The maximum absolute atomic E-state index is 5.68. The summed E-state index contributed by atoms with van der Waals surface area (Å²) in [6, 6.07) is 3.98. The van der Waals surface area contributed by atoms with Crippen LogP contribution in [0.5, 0.6) is 0 Å². The molecule has 2 N–H and O–H groups in total. The zero-order valence-electron chi connectivity index (χ0n) is 10.8. The van der Waals surface area contributed by atoms with Crippen LogP contribution in [0.4, 0.5) is 11.5 Å². The van der Waals surface area contributed by atoms with Gasteiger partial charge in [0.25, 0.3) is 0 Å². The molecule has 1 aliphatic rings. The molecule has 1 saturated heterocycles. The van der Waals surface area contributed by atoms with Crippen LogP contribution in [-0.2, 0) is 0 Å². The van der Waals surface area contributed by atoms with Gasteiger partial charge in [0.2, 0.25) is 0 Å². The normalized spacial score (nSPS) is 17.4. The Morgan fingerprint density at radius 2 is 1.94 bits per heavy atom. The molecule has 1 aliphatic heterocycles. The third kappa shape index (κ3) is 2.88. The van der Waals surface area contributed by atoms with Crippen LogP contribution in [0.1, 0.15) is 19.0 Å². The van der Waals surface area contributed by atoms with Crippen molar-refractivity contribution in [2.45, 2.75) is 20.3 Å². The number of rotatable bonds is 3. The summed E-state index contributed by atoms with van der Waals surface area (Å²) in [7, 11) is 0. The first-order valence-corrected chi connectivity index (χ1v) is 6.41. The van der Waals surface area contributed by atoms with Crippen LogP contribution in [0.3, 0.4) is 0 Å². The zero-order valence-corrected chi connectivity index (χ0v) is 10.8. The van der Waals surface area contributed by atoms with Gasteiger partial charge in [-0.25, -0.2) is 4.98 Å². The van der Waals surface area contributed by atoms with Crippen LogP contribution >= 0.6 is 0 Å². The second-order valence-corrected chi connectivity index (χ2v) is 4.67. The van der Waals surface area contributed by atoms with Gasteiger partial charge in [-0.2, -0.15) is 0 Å². The first kappa shape index (κ1) is 12.2. The smallest absolute Gasteiger partial charge is 0.123 e. The average Bonchev–Trinajstić information content (AvgIpc) is 2.31. The number of pyridine rings is 1.